The fourth-order valence-corrected chi connectivity index (χ4v) is 0.769. The Labute approximate surface area is 79.3 Å². The Morgan fingerprint density at radius 1 is 1.67 bits per heavy atom. The van der Waals surface area contributed by atoms with Crippen LogP contribution in [-0.2, 0) is 9.53 Å². The number of nitrogens with one attached hydrogen (secondary N) is 1. The zero-order valence-electron chi connectivity index (χ0n) is 7.67. The summed E-state index contributed by atoms with van der Waals surface area (Å²) in [4.78, 5) is 10.9. The summed E-state index contributed by atoms with van der Waals surface area (Å²) in [6, 6.07) is 0. The van der Waals surface area contributed by atoms with Crippen molar-refractivity contribution in [1.29, 1.82) is 0 Å². The van der Waals surface area contributed by atoms with E-state index < -0.39 is 0 Å². The summed E-state index contributed by atoms with van der Waals surface area (Å²) in [6.45, 7) is 5.81. The van der Waals surface area contributed by atoms with Crippen molar-refractivity contribution >= 4 is 18.5 Å². The van der Waals surface area contributed by atoms with E-state index in [2.05, 4.69) is 17.9 Å². The smallest absolute Gasteiger partial charge is 0.232 e. The SMILES string of the molecule is CCOCCCNC(=O)C(C)S. The Hall–Kier alpha value is -0.220. The molecular weight excluding hydrogens is 174 g/mol. The molecule has 1 amide bonds. The van der Waals surface area contributed by atoms with E-state index in [-0.39, 0.29) is 11.2 Å². The maximum absolute atomic E-state index is 10.9. The first-order chi connectivity index (χ1) is 5.68. The van der Waals surface area contributed by atoms with Crippen molar-refractivity contribution in [1.82, 2.24) is 5.32 Å². The summed E-state index contributed by atoms with van der Waals surface area (Å²) >= 11 is 3.99. The van der Waals surface area contributed by atoms with Gasteiger partial charge < -0.3 is 10.1 Å². The molecule has 0 fully saturated rings. The molecular formula is C8H17NO2S. The van der Waals surface area contributed by atoms with Gasteiger partial charge in [0.2, 0.25) is 5.91 Å². The monoisotopic (exact) mass is 191 g/mol. The number of carbonyl (C=O) groups excluding carboxylic acids is 1. The summed E-state index contributed by atoms with van der Waals surface area (Å²) in [6.07, 6.45) is 0.861. The number of carbonyl (C=O) groups is 1. The molecule has 0 aromatic rings. The topological polar surface area (TPSA) is 38.3 Å². The molecule has 0 rings (SSSR count). The first-order valence-electron chi connectivity index (χ1n) is 4.22. The van der Waals surface area contributed by atoms with E-state index in [4.69, 9.17) is 4.74 Å². The fourth-order valence-electron chi connectivity index (χ4n) is 0.678. The van der Waals surface area contributed by atoms with Crippen molar-refractivity contribution in [3.63, 3.8) is 0 Å². The van der Waals surface area contributed by atoms with Crippen LogP contribution in [0.4, 0.5) is 0 Å². The van der Waals surface area contributed by atoms with Crippen LogP contribution in [0.5, 0.6) is 0 Å². The van der Waals surface area contributed by atoms with Gasteiger partial charge >= 0.3 is 0 Å². The van der Waals surface area contributed by atoms with Crippen LogP contribution < -0.4 is 5.32 Å². The number of hydrogen-bond donors (Lipinski definition) is 2. The van der Waals surface area contributed by atoms with Crippen molar-refractivity contribution < 1.29 is 9.53 Å². The van der Waals surface area contributed by atoms with Gasteiger partial charge in [0.1, 0.15) is 0 Å². The van der Waals surface area contributed by atoms with Crippen LogP contribution in [0.3, 0.4) is 0 Å². The van der Waals surface area contributed by atoms with Crippen molar-refractivity contribution in [3.8, 4) is 0 Å². The summed E-state index contributed by atoms with van der Waals surface area (Å²) in [5.74, 6) is -0.0187. The quantitative estimate of drug-likeness (QED) is 0.482. The molecule has 0 bridgehead atoms. The van der Waals surface area contributed by atoms with E-state index in [0.717, 1.165) is 13.0 Å². The number of hydrogen-bond acceptors (Lipinski definition) is 3. The van der Waals surface area contributed by atoms with E-state index in [1.165, 1.54) is 0 Å². The van der Waals surface area contributed by atoms with Gasteiger partial charge in [-0.2, -0.15) is 12.6 Å². The van der Waals surface area contributed by atoms with Gasteiger partial charge in [-0.15, -0.1) is 0 Å². The average Bonchev–Trinajstić information content (AvgIpc) is 2.03. The van der Waals surface area contributed by atoms with Crippen molar-refractivity contribution in [2.45, 2.75) is 25.5 Å². The second kappa shape index (κ2) is 7.43. The molecule has 12 heavy (non-hydrogen) atoms. The molecule has 3 nitrogen and oxygen atoms in total. The highest BCUT2D eigenvalue weighted by atomic mass is 32.1. The lowest BCUT2D eigenvalue weighted by molar-refractivity contribution is -0.120. The van der Waals surface area contributed by atoms with Gasteiger partial charge in [-0.3, -0.25) is 4.79 Å². The highest BCUT2D eigenvalue weighted by Crippen LogP contribution is 1.91. The molecule has 0 aromatic heterocycles. The lowest BCUT2D eigenvalue weighted by Crippen LogP contribution is -2.30. The van der Waals surface area contributed by atoms with Gasteiger partial charge in [0.15, 0.2) is 0 Å². The molecule has 0 heterocycles. The molecule has 0 radical (unpaired) electrons. The van der Waals surface area contributed by atoms with Gasteiger partial charge in [0, 0.05) is 19.8 Å². The minimum atomic E-state index is -0.225. The second-order valence-electron chi connectivity index (χ2n) is 2.52. The van der Waals surface area contributed by atoms with E-state index in [1.54, 1.807) is 6.92 Å². The first kappa shape index (κ1) is 11.8. The van der Waals surface area contributed by atoms with Crippen LogP contribution in [0.15, 0.2) is 0 Å². The van der Waals surface area contributed by atoms with Gasteiger partial charge in [-0.1, -0.05) is 0 Å². The predicted octanol–water partition coefficient (Wildman–Crippen LogP) is 0.847. The molecule has 72 valence electrons. The third kappa shape index (κ3) is 6.49. The molecule has 0 aromatic carbocycles. The molecule has 4 heteroatoms. The highest BCUT2D eigenvalue weighted by molar-refractivity contribution is 7.81. The zero-order chi connectivity index (χ0) is 9.40. The molecule has 1 N–H and O–H groups in total. The van der Waals surface area contributed by atoms with Gasteiger partial charge in [-0.05, 0) is 20.3 Å². The lowest BCUT2D eigenvalue weighted by atomic mass is 10.4. The molecule has 1 atom stereocenters. The summed E-state index contributed by atoms with van der Waals surface area (Å²) in [7, 11) is 0. The molecule has 0 saturated carbocycles. The largest absolute Gasteiger partial charge is 0.382 e. The lowest BCUT2D eigenvalue weighted by Gasteiger charge is -2.06. The van der Waals surface area contributed by atoms with Crippen LogP contribution >= 0.6 is 12.6 Å². The van der Waals surface area contributed by atoms with Crippen LogP contribution in [0.1, 0.15) is 20.3 Å². The standard InChI is InChI=1S/C8H17NO2S/c1-3-11-6-4-5-9-8(10)7(2)12/h7,12H,3-6H2,1-2H3,(H,9,10). The molecule has 0 spiro atoms. The number of ether oxygens (including phenoxy) is 1. The van der Waals surface area contributed by atoms with E-state index in [0.29, 0.717) is 13.2 Å². The van der Waals surface area contributed by atoms with Gasteiger partial charge in [0.05, 0.1) is 5.25 Å². The van der Waals surface area contributed by atoms with Gasteiger partial charge in [-0.25, -0.2) is 0 Å². The summed E-state index contributed by atoms with van der Waals surface area (Å²) < 4.78 is 5.11. The maximum Gasteiger partial charge on any atom is 0.232 e. The van der Waals surface area contributed by atoms with Crippen LogP contribution in [0.25, 0.3) is 0 Å². The Kier molecular flexibility index (Phi) is 7.29. The Balaban J connectivity index is 3.14. The number of rotatable bonds is 6. The van der Waals surface area contributed by atoms with Crippen molar-refractivity contribution in [2.75, 3.05) is 19.8 Å². The van der Waals surface area contributed by atoms with Crippen LogP contribution in [0, 0.1) is 0 Å². The average molecular weight is 191 g/mol. The summed E-state index contributed by atoms with van der Waals surface area (Å²) in [5.41, 5.74) is 0. The maximum atomic E-state index is 10.9. The first-order valence-corrected chi connectivity index (χ1v) is 4.73. The third-order valence-corrected chi connectivity index (χ3v) is 1.58. The Bertz CT molecular complexity index is 128. The van der Waals surface area contributed by atoms with E-state index in [1.807, 2.05) is 6.92 Å². The Morgan fingerprint density at radius 2 is 2.33 bits per heavy atom. The molecule has 0 aliphatic rings. The molecule has 0 aliphatic carbocycles. The number of amides is 1. The van der Waals surface area contributed by atoms with Crippen LogP contribution in [-0.4, -0.2) is 30.9 Å². The van der Waals surface area contributed by atoms with E-state index >= 15 is 0 Å². The third-order valence-electron chi connectivity index (χ3n) is 1.35. The van der Waals surface area contributed by atoms with Crippen molar-refractivity contribution in [3.05, 3.63) is 0 Å². The predicted molar refractivity (Wildman–Crippen MR) is 52.6 cm³/mol. The zero-order valence-corrected chi connectivity index (χ0v) is 8.56. The minimum Gasteiger partial charge on any atom is -0.382 e. The normalized spacial score (nSPS) is 12.6. The highest BCUT2D eigenvalue weighted by Gasteiger charge is 2.04. The molecule has 0 saturated heterocycles. The minimum absolute atomic E-state index is 0.0187. The summed E-state index contributed by atoms with van der Waals surface area (Å²) in [5, 5.41) is 2.52. The Morgan fingerprint density at radius 3 is 2.83 bits per heavy atom. The van der Waals surface area contributed by atoms with Gasteiger partial charge in [0.25, 0.3) is 0 Å². The fraction of sp³-hybridized carbons (Fsp3) is 0.875. The molecule has 0 aliphatic heterocycles. The number of thiol groups is 1. The molecule has 1 unspecified atom stereocenters. The van der Waals surface area contributed by atoms with Crippen molar-refractivity contribution in [2.24, 2.45) is 0 Å². The van der Waals surface area contributed by atoms with E-state index in [9.17, 15) is 4.79 Å². The van der Waals surface area contributed by atoms with Crippen LogP contribution in [0.2, 0.25) is 0 Å². The second-order valence-corrected chi connectivity index (χ2v) is 3.29.